The minimum absolute atomic E-state index is 0.0106. The smallest absolute Gasteiger partial charge is 0.270 e. The number of carbonyl (C=O) groups excluding carboxylic acids is 2. The van der Waals surface area contributed by atoms with Gasteiger partial charge in [-0.3, -0.25) is 9.59 Å². The van der Waals surface area contributed by atoms with Crippen molar-refractivity contribution in [2.45, 2.75) is 43.9 Å². The molecule has 1 unspecified atom stereocenters. The molecule has 2 aliphatic rings. The largest absolute Gasteiger partial charge is 0.356 e. The van der Waals surface area contributed by atoms with Gasteiger partial charge in [0.1, 0.15) is 10.6 Å². The van der Waals surface area contributed by atoms with Crippen LogP contribution in [0.15, 0.2) is 17.2 Å². The van der Waals surface area contributed by atoms with Gasteiger partial charge >= 0.3 is 0 Å². The third-order valence-electron chi connectivity index (χ3n) is 5.53. The Morgan fingerprint density at radius 2 is 1.89 bits per heavy atom. The molecule has 9 heteroatoms. The third-order valence-corrected chi connectivity index (χ3v) is 7.39. The highest BCUT2D eigenvalue weighted by molar-refractivity contribution is 7.89. The van der Waals surface area contributed by atoms with Crippen LogP contribution in [0.5, 0.6) is 0 Å². The second kappa shape index (κ2) is 8.65. The predicted molar refractivity (Wildman–Crippen MR) is 105 cm³/mol. The van der Waals surface area contributed by atoms with E-state index in [4.69, 9.17) is 0 Å². The number of amides is 2. The lowest BCUT2D eigenvalue weighted by atomic mass is 9.97. The SMILES string of the molecule is CCCNC(=O)C1CCCN(C(=O)c2cc(S(=O)(=O)N3CCCC3)cn2C)C1. The summed E-state index contributed by atoms with van der Waals surface area (Å²) in [4.78, 5) is 27.1. The molecule has 1 aromatic heterocycles. The van der Waals surface area contributed by atoms with Gasteiger partial charge in [-0.2, -0.15) is 4.31 Å². The van der Waals surface area contributed by atoms with E-state index in [1.165, 1.54) is 16.6 Å². The van der Waals surface area contributed by atoms with E-state index in [1.54, 1.807) is 16.5 Å². The van der Waals surface area contributed by atoms with E-state index in [-0.39, 0.29) is 22.6 Å². The summed E-state index contributed by atoms with van der Waals surface area (Å²) in [6.07, 6.45) is 5.65. The number of nitrogens with one attached hydrogen (secondary N) is 1. The molecule has 3 rings (SSSR count). The maximum Gasteiger partial charge on any atom is 0.270 e. The first kappa shape index (κ1) is 20.9. The quantitative estimate of drug-likeness (QED) is 0.763. The van der Waals surface area contributed by atoms with Crippen LogP contribution in [0.25, 0.3) is 0 Å². The Balaban J connectivity index is 1.74. The molecule has 8 nitrogen and oxygen atoms in total. The molecule has 156 valence electrons. The molecule has 1 N–H and O–H groups in total. The molecule has 0 aliphatic carbocycles. The summed E-state index contributed by atoms with van der Waals surface area (Å²) in [6, 6.07) is 1.47. The summed E-state index contributed by atoms with van der Waals surface area (Å²) in [6.45, 7) is 4.64. The Labute approximate surface area is 166 Å². The number of carbonyl (C=O) groups is 2. The van der Waals surface area contributed by atoms with Crippen LogP contribution in [-0.4, -0.2) is 66.7 Å². The first-order chi connectivity index (χ1) is 13.3. The first-order valence-electron chi connectivity index (χ1n) is 10.1. The number of rotatable bonds is 6. The van der Waals surface area contributed by atoms with E-state index >= 15 is 0 Å². The zero-order valence-electron chi connectivity index (χ0n) is 16.7. The Morgan fingerprint density at radius 3 is 2.57 bits per heavy atom. The first-order valence-corrected chi connectivity index (χ1v) is 11.5. The standard InChI is InChI=1S/C19H30N4O4S/c1-3-8-20-18(24)15-7-6-9-22(13-15)19(25)17-12-16(14-21(17)2)28(26,27)23-10-4-5-11-23/h12,14-15H,3-11,13H2,1-2H3,(H,20,24). The lowest BCUT2D eigenvalue weighted by Crippen LogP contribution is -2.45. The van der Waals surface area contributed by atoms with Crippen LogP contribution in [0.2, 0.25) is 0 Å². The lowest BCUT2D eigenvalue weighted by molar-refractivity contribution is -0.126. The predicted octanol–water partition coefficient (Wildman–Crippen LogP) is 1.19. The molecular formula is C19H30N4O4S. The topological polar surface area (TPSA) is 91.7 Å². The molecule has 0 bridgehead atoms. The van der Waals surface area contributed by atoms with Gasteiger partial charge in [-0.25, -0.2) is 8.42 Å². The molecule has 2 amide bonds. The van der Waals surface area contributed by atoms with Crippen molar-refractivity contribution in [3.8, 4) is 0 Å². The number of hydrogen-bond donors (Lipinski definition) is 1. The van der Waals surface area contributed by atoms with Crippen molar-refractivity contribution in [1.82, 2.24) is 19.1 Å². The van der Waals surface area contributed by atoms with Crippen LogP contribution in [-0.2, 0) is 21.9 Å². The van der Waals surface area contributed by atoms with Crippen molar-refractivity contribution in [1.29, 1.82) is 0 Å². The van der Waals surface area contributed by atoms with E-state index in [1.807, 2.05) is 6.92 Å². The maximum absolute atomic E-state index is 13.0. The molecule has 0 aromatic carbocycles. The highest BCUT2D eigenvalue weighted by atomic mass is 32.2. The molecule has 0 saturated carbocycles. The van der Waals surface area contributed by atoms with Gasteiger partial charge in [0.05, 0.1) is 5.92 Å². The zero-order valence-corrected chi connectivity index (χ0v) is 17.5. The van der Waals surface area contributed by atoms with Crippen LogP contribution < -0.4 is 5.32 Å². The lowest BCUT2D eigenvalue weighted by Gasteiger charge is -2.32. The Hall–Kier alpha value is -1.87. The molecule has 2 aliphatic heterocycles. The summed E-state index contributed by atoms with van der Waals surface area (Å²) < 4.78 is 28.6. The number of nitrogens with zero attached hydrogens (tertiary/aromatic N) is 3. The van der Waals surface area contributed by atoms with Gasteiger partial charge in [0.15, 0.2) is 0 Å². The fraction of sp³-hybridized carbons (Fsp3) is 0.684. The van der Waals surface area contributed by atoms with Crippen molar-refractivity contribution >= 4 is 21.8 Å². The van der Waals surface area contributed by atoms with Crippen molar-refractivity contribution in [2.75, 3.05) is 32.7 Å². The van der Waals surface area contributed by atoms with E-state index in [0.717, 1.165) is 32.1 Å². The minimum Gasteiger partial charge on any atom is -0.356 e. The van der Waals surface area contributed by atoms with Gasteiger partial charge in [0.25, 0.3) is 5.91 Å². The van der Waals surface area contributed by atoms with E-state index < -0.39 is 10.0 Å². The fourth-order valence-electron chi connectivity index (χ4n) is 3.90. The summed E-state index contributed by atoms with van der Waals surface area (Å²) in [5.41, 5.74) is 0.340. The van der Waals surface area contributed by atoms with Crippen molar-refractivity contribution in [3.63, 3.8) is 0 Å². The molecule has 2 saturated heterocycles. The Morgan fingerprint density at radius 1 is 1.18 bits per heavy atom. The highest BCUT2D eigenvalue weighted by Crippen LogP contribution is 2.24. The second-order valence-electron chi connectivity index (χ2n) is 7.66. The van der Waals surface area contributed by atoms with Crippen LogP contribution in [0.4, 0.5) is 0 Å². The van der Waals surface area contributed by atoms with Crippen molar-refractivity contribution < 1.29 is 18.0 Å². The van der Waals surface area contributed by atoms with E-state index in [0.29, 0.717) is 38.4 Å². The average molecular weight is 411 g/mol. The molecule has 1 atom stereocenters. The number of sulfonamides is 1. The third kappa shape index (κ3) is 4.25. The second-order valence-corrected chi connectivity index (χ2v) is 9.60. The number of hydrogen-bond acceptors (Lipinski definition) is 4. The van der Waals surface area contributed by atoms with Crippen molar-refractivity contribution in [2.24, 2.45) is 13.0 Å². The highest BCUT2D eigenvalue weighted by Gasteiger charge is 2.32. The number of aryl methyl sites for hydroxylation is 1. The van der Waals surface area contributed by atoms with Crippen LogP contribution in [0, 0.1) is 5.92 Å². The van der Waals surface area contributed by atoms with Gasteiger partial charge < -0.3 is 14.8 Å². The maximum atomic E-state index is 13.0. The van der Waals surface area contributed by atoms with Crippen LogP contribution in [0.3, 0.4) is 0 Å². The molecule has 28 heavy (non-hydrogen) atoms. The molecule has 1 aromatic rings. The van der Waals surface area contributed by atoms with E-state index in [2.05, 4.69) is 5.32 Å². The van der Waals surface area contributed by atoms with Gasteiger partial charge in [0, 0.05) is 46.0 Å². The van der Waals surface area contributed by atoms with Crippen molar-refractivity contribution in [3.05, 3.63) is 18.0 Å². The summed E-state index contributed by atoms with van der Waals surface area (Å²) >= 11 is 0. The summed E-state index contributed by atoms with van der Waals surface area (Å²) in [7, 11) is -1.88. The molecule has 2 fully saturated rings. The van der Waals surface area contributed by atoms with Gasteiger partial charge in [-0.15, -0.1) is 0 Å². The monoisotopic (exact) mass is 410 g/mol. The van der Waals surface area contributed by atoms with Gasteiger partial charge in [0.2, 0.25) is 15.9 Å². The zero-order chi connectivity index (χ0) is 20.3. The Bertz CT molecular complexity index is 827. The average Bonchev–Trinajstić information content (AvgIpc) is 3.36. The number of likely N-dealkylation sites (tertiary alicyclic amines) is 1. The molecule has 3 heterocycles. The number of piperidine rings is 1. The summed E-state index contributed by atoms with van der Waals surface area (Å²) in [5, 5.41) is 2.90. The summed E-state index contributed by atoms with van der Waals surface area (Å²) in [5.74, 6) is -0.445. The fourth-order valence-corrected chi connectivity index (χ4v) is 5.48. The van der Waals surface area contributed by atoms with Gasteiger partial charge in [-0.1, -0.05) is 6.92 Å². The number of aromatic nitrogens is 1. The van der Waals surface area contributed by atoms with Crippen LogP contribution in [0.1, 0.15) is 49.5 Å². The molecule has 0 radical (unpaired) electrons. The minimum atomic E-state index is -3.56. The van der Waals surface area contributed by atoms with Crippen LogP contribution >= 0.6 is 0 Å². The Kier molecular flexibility index (Phi) is 6.44. The van der Waals surface area contributed by atoms with Gasteiger partial charge in [-0.05, 0) is 38.2 Å². The molecule has 0 spiro atoms. The normalized spacial score (nSPS) is 21.1. The van der Waals surface area contributed by atoms with E-state index in [9.17, 15) is 18.0 Å². The molecular weight excluding hydrogens is 380 g/mol.